The zero-order chi connectivity index (χ0) is 17.1. The Hall–Kier alpha value is -2.88. The Morgan fingerprint density at radius 2 is 1.75 bits per heavy atom. The summed E-state index contributed by atoms with van der Waals surface area (Å²) in [7, 11) is 0. The van der Waals surface area contributed by atoms with Crippen molar-refractivity contribution in [2.75, 3.05) is 5.32 Å². The Kier molecular flexibility index (Phi) is 4.47. The second kappa shape index (κ2) is 6.71. The van der Waals surface area contributed by atoms with Crippen molar-refractivity contribution in [3.63, 3.8) is 0 Å². The van der Waals surface area contributed by atoms with Gasteiger partial charge in [0, 0.05) is 23.2 Å². The first-order chi connectivity index (χ1) is 11.5. The van der Waals surface area contributed by atoms with E-state index in [1.165, 1.54) is 0 Å². The fourth-order valence-electron chi connectivity index (χ4n) is 2.90. The number of amides is 1. The summed E-state index contributed by atoms with van der Waals surface area (Å²) in [5, 5.41) is 3.87. The van der Waals surface area contributed by atoms with Crippen molar-refractivity contribution in [2.45, 2.75) is 26.7 Å². The number of fused-ring (bicyclic) bond motifs is 1. The smallest absolute Gasteiger partial charge is 0.251 e. The quantitative estimate of drug-likeness (QED) is 0.769. The Morgan fingerprint density at radius 1 is 1.04 bits per heavy atom. The fourth-order valence-corrected chi connectivity index (χ4v) is 2.90. The van der Waals surface area contributed by atoms with Crippen LogP contribution in [0.25, 0.3) is 10.9 Å². The predicted molar refractivity (Wildman–Crippen MR) is 97.4 cm³/mol. The molecule has 0 saturated heterocycles. The summed E-state index contributed by atoms with van der Waals surface area (Å²) in [4.78, 5) is 27.1. The van der Waals surface area contributed by atoms with Gasteiger partial charge in [0.1, 0.15) is 0 Å². The van der Waals surface area contributed by atoms with Crippen LogP contribution in [-0.4, -0.2) is 10.9 Å². The molecule has 4 nitrogen and oxygen atoms in total. The minimum Gasteiger partial charge on any atom is -0.326 e. The Balaban J connectivity index is 1.70. The molecule has 2 N–H and O–H groups in total. The third-order valence-electron chi connectivity index (χ3n) is 3.96. The zero-order valence-corrected chi connectivity index (χ0v) is 13.8. The van der Waals surface area contributed by atoms with Crippen LogP contribution in [0, 0.1) is 13.8 Å². The number of benzene rings is 2. The second-order valence-electron chi connectivity index (χ2n) is 6.14. The molecule has 0 saturated carbocycles. The average molecular weight is 320 g/mol. The largest absolute Gasteiger partial charge is 0.326 e. The number of anilines is 1. The van der Waals surface area contributed by atoms with Gasteiger partial charge in [-0.05, 0) is 61.0 Å². The van der Waals surface area contributed by atoms with Crippen molar-refractivity contribution in [1.29, 1.82) is 0 Å². The molecular formula is C20H20N2O2. The van der Waals surface area contributed by atoms with Crippen molar-refractivity contribution >= 4 is 22.5 Å². The van der Waals surface area contributed by atoms with E-state index in [0.717, 1.165) is 27.7 Å². The number of aromatic nitrogens is 1. The van der Waals surface area contributed by atoms with Crippen LogP contribution in [0.1, 0.15) is 23.1 Å². The lowest BCUT2D eigenvalue weighted by Gasteiger charge is -2.08. The number of carbonyl (C=O) groups excluding carboxylic acids is 1. The Morgan fingerprint density at radius 3 is 2.50 bits per heavy atom. The van der Waals surface area contributed by atoms with E-state index in [0.29, 0.717) is 12.0 Å². The number of H-pyrrole nitrogens is 1. The van der Waals surface area contributed by atoms with Crippen molar-refractivity contribution in [3.8, 4) is 0 Å². The van der Waals surface area contributed by atoms with Crippen LogP contribution >= 0.6 is 0 Å². The lowest BCUT2D eigenvalue weighted by atomic mass is 10.1. The number of aromatic amines is 1. The van der Waals surface area contributed by atoms with Crippen LogP contribution in [0.4, 0.5) is 5.69 Å². The number of para-hydroxylation sites is 1. The molecule has 1 heterocycles. The highest BCUT2D eigenvalue weighted by molar-refractivity contribution is 5.91. The third-order valence-corrected chi connectivity index (χ3v) is 3.96. The van der Waals surface area contributed by atoms with Gasteiger partial charge in [0.05, 0.1) is 0 Å². The van der Waals surface area contributed by atoms with Crippen LogP contribution in [0.15, 0.2) is 53.3 Å². The highest BCUT2D eigenvalue weighted by atomic mass is 16.1. The van der Waals surface area contributed by atoms with Gasteiger partial charge in [-0.1, -0.05) is 24.3 Å². The van der Waals surface area contributed by atoms with E-state index < -0.39 is 0 Å². The molecule has 0 atom stereocenters. The molecule has 0 aliphatic rings. The number of rotatable bonds is 4. The molecule has 0 aliphatic heterocycles. The second-order valence-corrected chi connectivity index (χ2v) is 6.14. The lowest BCUT2D eigenvalue weighted by molar-refractivity contribution is -0.116. The Labute approximate surface area is 140 Å². The minimum absolute atomic E-state index is 0.0902. The van der Waals surface area contributed by atoms with E-state index >= 15 is 0 Å². The molecule has 0 spiro atoms. The van der Waals surface area contributed by atoms with Gasteiger partial charge in [-0.15, -0.1) is 0 Å². The molecule has 3 aromatic rings. The topological polar surface area (TPSA) is 62.0 Å². The van der Waals surface area contributed by atoms with Gasteiger partial charge in [-0.2, -0.15) is 0 Å². The molecule has 0 aliphatic carbocycles. The predicted octanol–water partition coefficient (Wildman–Crippen LogP) is 3.72. The molecule has 0 unspecified atom stereocenters. The fraction of sp³-hybridized carbons (Fsp3) is 0.200. The summed E-state index contributed by atoms with van der Waals surface area (Å²) < 4.78 is 0. The van der Waals surface area contributed by atoms with E-state index in [1.807, 2.05) is 56.3 Å². The molecular weight excluding hydrogens is 300 g/mol. The summed E-state index contributed by atoms with van der Waals surface area (Å²) in [6.07, 6.45) is 0.686. The van der Waals surface area contributed by atoms with Crippen LogP contribution in [0.5, 0.6) is 0 Å². The number of pyridine rings is 1. The maximum Gasteiger partial charge on any atom is 0.251 e. The first-order valence-corrected chi connectivity index (χ1v) is 8.00. The summed E-state index contributed by atoms with van der Waals surface area (Å²) in [5.74, 6) is -0.0902. The number of aryl methyl sites for hydroxylation is 3. The average Bonchev–Trinajstić information content (AvgIpc) is 2.52. The molecule has 2 aromatic carbocycles. The highest BCUT2D eigenvalue weighted by Crippen LogP contribution is 2.15. The maximum atomic E-state index is 12.2. The zero-order valence-electron chi connectivity index (χ0n) is 13.8. The van der Waals surface area contributed by atoms with Gasteiger partial charge < -0.3 is 10.3 Å². The molecule has 1 amide bonds. The molecule has 24 heavy (non-hydrogen) atoms. The van der Waals surface area contributed by atoms with Gasteiger partial charge in [0.15, 0.2) is 0 Å². The first-order valence-electron chi connectivity index (χ1n) is 8.00. The lowest BCUT2D eigenvalue weighted by Crippen LogP contribution is -2.17. The van der Waals surface area contributed by atoms with Gasteiger partial charge in [-0.3, -0.25) is 9.59 Å². The van der Waals surface area contributed by atoms with E-state index in [4.69, 9.17) is 0 Å². The normalized spacial score (nSPS) is 10.8. The summed E-state index contributed by atoms with van der Waals surface area (Å²) >= 11 is 0. The van der Waals surface area contributed by atoms with Gasteiger partial charge in [-0.25, -0.2) is 0 Å². The maximum absolute atomic E-state index is 12.2. The van der Waals surface area contributed by atoms with Crippen molar-refractivity contribution in [1.82, 2.24) is 4.98 Å². The van der Waals surface area contributed by atoms with Crippen molar-refractivity contribution in [2.24, 2.45) is 0 Å². The number of nitrogens with one attached hydrogen (secondary N) is 2. The first kappa shape index (κ1) is 16.0. The summed E-state index contributed by atoms with van der Waals surface area (Å²) in [5.41, 5.74) is 4.32. The summed E-state index contributed by atoms with van der Waals surface area (Å²) in [6, 6.07) is 15.4. The molecule has 122 valence electrons. The summed E-state index contributed by atoms with van der Waals surface area (Å²) in [6.45, 7) is 3.99. The SMILES string of the molecule is Cc1cc(C)cc(NC(=O)CCc2cc3ccccc3[nH]c2=O)c1. The van der Waals surface area contributed by atoms with Crippen LogP contribution < -0.4 is 10.9 Å². The van der Waals surface area contributed by atoms with Crippen molar-refractivity contribution < 1.29 is 4.79 Å². The van der Waals surface area contributed by atoms with Crippen molar-refractivity contribution in [3.05, 3.63) is 75.6 Å². The number of hydrogen-bond donors (Lipinski definition) is 2. The number of hydrogen-bond acceptors (Lipinski definition) is 2. The van der Waals surface area contributed by atoms with E-state index in [-0.39, 0.29) is 17.9 Å². The molecule has 0 bridgehead atoms. The van der Waals surface area contributed by atoms with E-state index in [2.05, 4.69) is 16.4 Å². The van der Waals surface area contributed by atoms with Crippen LogP contribution in [-0.2, 0) is 11.2 Å². The molecule has 3 rings (SSSR count). The third kappa shape index (κ3) is 3.71. The van der Waals surface area contributed by atoms with Gasteiger partial charge >= 0.3 is 0 Å². The molecule has 0 fully saturated rings. The molecule has 0 radical (unpaired) electrons. The number of carbonyl (C=O) groups is 1. The standard InChI is InChI=1S/C20H20N2O2/c1-13-9-14(2)11-17(10-13)21-19(23)8-7-16-12-15-5-3-4-6-18(15)22-20(16)24/h3-6,9-12H,7-8H2,1-2H3,(H,21,23)(H,22,24). The van der Waals surface area contributed by atoms with Gasteiger partial charge in [0.2, 0.25) is 5.91 Å². The van der Waals surface area contributed by atoms with E-state index in [1.54, 1.807) is 0 Å². The minimum atomic E-state index is -0.132. The molecule has 4 heteroatoms. The Bertz CT molecular complexity index is 937. The van der Waals surface area contributed by atoms with Gasteiger partial charge in [0.25, 0.3) is 5.56 Å². The highest BCUT2D eigenvalue weighted by Gasteiger charge is 2.08. The molecule has 1 aromatic heterocycles. The van der Waals surface area contributed by atoms with Crippen LogP contribution in [0.3, 0.4) is 0 Å². The van der Waals surface area contributed by atoms with Crippen LogP contribution in [0.2, 0.25) is 0 Å². The monoisotopic (exact) mass is 320 g/mol. The van der Waals surface area contributed by atoms with E-state index in [9.17, 15) is 9.59 Å².